The highest BCUT2D eigenvalue weighted by atomic mass is 79.9. The Morgan fingerprint density at radius 1 is 1.59 bits per heavy atom. The fraction of sp³-hybridized carbons (Fsp3) is 0.364. The van der Waals surface area contributed by atoms with Crippen LogP contribution in [0.4, 0.5) is 11.4 Å². The van der Waals surface area contributed by atoms with Crippen LogP contribution in [0.15, 0.2) is 16.6 Å². The standard InChI is InChI=1S/C11H11BrN2O3/c1-6-5-13(7(2)15)11-9(6)3-8(12)4-10(11)14(16)17/h3-4,6H,5H2,1-2H3. The van der Waals surface area contributed by atoms with Gasteiger partial charge in [0.25, 0.3) is 5.69 Å². The number of carbonyl (C=O) groups excluding carboxylic acids is 1. The fourth-order valence-electron chi connectivity index (χ4n) is 2.16. The van der Waals surface area contributed by atoms with Gasteiger partial charge in [-0.1, -0.05) is 22.9 Å². The van der Waals surface area contributed by atoms with E-state index in [0.717, 1.165) is 5.56 Å². The number of rotatable bonds is 1. The Hall–Kier alpha value is -1.43. The molecule has 1 amide bonds. The second-order valence-electron chi connectivity index (χ2n) is 4.15. The lowest BCUT2D eigenvalue weighted by Gasteiger charge is -2.14. The van der Waals surface area contributed by atoms with Gasteiger partial charge in [0, 0.05) is 29.9 Å². The lowest BCUT2D eigenvalue weighted by molar-refractivity contribution is -0.384. The van der Waals surface area contributed by atoms with E-state index < -0.39 is 4.92 Å². The van der Waals surface area contributed by atoms with Crippen LogP contribution in [0.2, 0.25) is 0 Å². The van der Waals surface area contributed by atoms with Crippen LogP contribution in [0.3, 0.4) is 0 Å². The maximum absolute atomic E-state index is 11.5. The van der Waals surface area contributed by atoms with E-state index in [4.69, 9.17) is 0 Å². The largest absolute Gasteiger partial charge is 0.306 e. The van der Waals surface area contributed by atoms with Gasteiger partial charge < -0.3 is 4.90 Å². The summed E-state index contributed by atoms with van der Waals surface area (Å²) in [5.74, 6) is -0.0499. The van der Waals surface area contributed by atoms with E-state index in [1.807, 2.05) is 13.0 Å². The molecule has 0 aromatic heterocycles. The topological polar surface area (TPSA) is 63.5 Å². The zero-order chi connectivity index (χ0) is 12.7. The summed E-state index contributed by atoms with van der Waals surface area (Å²) in [5, 5.41) is 11.0. The molecule has 0 bridgehead atoms. The first-order valence-electron chi connectivity index (χ1n) is 5.17. The molecule has 0 saturated heterocycles. The Morgan fingerprint density at radius 3 is 2.76 bits per heavy atom. The Labute approximate surface area is 107 Å². The maximum Gasteiger partial charge on any atom is 0.294 e. The molecule has 1 unspecified atom stereocenters. The number of amides is 1. The molecule has 0 fully saturated rings. The Kier molecular flexibility index (Phi) is 2.91. The van der Waals surface area contributed by atoms with E-state index in [1.54, 1.807) is 0 Å². The van der Waals surface area contributed by atoms with Crippen molar-refractivity contribution in [3.05, 3.63) is 32.3 Å². The number of halogens is 1. The maximum atomic E-state index is 11.5. The highest BCUT2D eigenvalue weighted by Crippen LogP contribution is 2.44. The van der Waals surface area contributed by atoms with E-state index in [1.165, 1.54) is 17.9 Å². The van der Waals surface area contributed by atoms with Crippen LogP contribution in [0.1, 0.15) is 25.3 Å². The molecule has 0 saturated carbocycles. The average Bonchev–Trinajstić information content (AvgIpc) is 2.55. The second-order valence-corrected chi connectivity index (χ2v) is 5.07. The van der Waals surface area contributed by atoms with Crippen molar-refractivity contribution >= 4 is 33.2 Å². The van der Waals surface area contributed by atoms with Gasteiger partial charge in [-0.2, -0.15) is 0 Å². The molecule has 1 heterocycles. The summed E-state index contributed by atoms with van der Waals surface area (Å²) in [6, 6.07) is 3.28. The third kappa shape index (κ3) is 1.93. The van der Waals surface area contributed by atoms with Crippen LogP contribution in [-0.2, 0) is 4.79 Å². The van der Waals surface area contributed by atoms with Gasteiger partial charge in [-0.05, 0) is 11.6 Å². The molecule has 0 radical (unpaired) electrons. The Bertz CT molecular complexity index is 516. The van der Waals surface area contributed by atoms with Gasteiger partial charge in [0.05, 0.1) is 4.92 Å². The van der Waals surface area contributed by atoms with Crippen molar-refractivity contribution in [2.24, 2.45) is 0 Å². The van der Waals surface area contributed by atoms with Crippen LogP contribution in [0, 0.1) is 10.1 Å². The summed E-state index contributed by atoms with van der Waals surface area (Å²) >= 11 is 3.26. The van der Waals surface area contributed by atoms with E-state index in [9.17, 15) is 14.9 Å². The summed E-state index contributed by atoms with van der Waals surface area (Å²) in [4.78, 5) is 23.6. The van der Waals surface area contributed by atoms with Crippen molar-refractivity contribution in [1.29, 1.82) is 0 Å². The van der Waals surface area contributed by atoms with Crippen molar-refractivity contribution in [1.82, 2.24) is 0 Å². The summed E-state index contributed by atoms with van der Waals surface area (Å²) in [6.45, 7) is 3.88. The first-order chi connectivity index (χ1) is 7.91. The average molecular weight is 299 g/mol. The van der Waals surface area contributed by atoms with Crippen LogP contribution in [-0.4, -0.2) is 17.4 Å². The second kappa shape index (κ2) is 4.10. The van der Waals surface area contributed by atoms with Crippen LogP contribution < -0.4 is 4.90 Å². The molecule has 2 rings (SSSR count). The third-order valence-electron chi connectivity index (χ3n) is 2.92. The summed E-state index contributed by atoms with van der Waals surface area (Å²) in [7, 11) is 0. The molecule has 1 aliphatic rings. The van der Waals surface area contributed by atoms with Crippen molar-refractivity contribution < 1.29 is 9.72 Å². The number of nitro benzene ring substituents is 1. The lowest BCUT2D eigenvalue weighted by Crippen LogP contribution is -2.27. The number of anilines is 1. The first-order valence-corrected chi connectivity index (χ1v) is 5.97. The highest BCUT2D eigenvalue weighted by molar-refractivity contribution is 9.10. The van der Waals surface area contributed by atoms with Gasteiger partial charge in [-0.25, -0.2) is 0 Å². The molecule has 17 heavy (non-hydrogen) atoms. The van der Waals surface area contributed by atoms with Crippen LogP contribution >= 0.6 is 15.9 Å². The minimum absolute atomic E-state index is 0.0195. The van der Waals surface area contributed by atoms with E-state index in [0.29, 0.717) is 16.7 Å². The molecular weight excluding hydrogens is 288 g/mol. The fourth-order valence-corrected chi connectivity index (χ4v) is 2.63. The molecule has 0 spiro atoms. The van der Waals surface area contributed by atoms with Crippen molar-refractivity contribution in [2.75, 3.05) is 11.4 Å². The quantitative estimate of drug-likeness (QED) is 0.591. The number of nitrogens with zero attached hydrogens (tertiary/aromatic N) is 2. The predicted octanol–water partition coefficient (Wildman–Crippen LogP) is 2.83. The molecular formula is C11H11BrN2O3. The van der Waals surface area contributed by atoms with Crippen LogP contribution in [0.5, 0.6) is 0 Å². The molecule has 6 heteroatoms. The summed E-state index contributed by atoms with van der Waals surface area (Å²) in [5.41, 5.74) is 1.27. The zero-order valence-corrected chi connectivity index (χ0v) is 11.0. The van der Waals surface area contributed by atoms with Gasteiger partial charge in [0.2, 0.25) is 5.91 Å². The molecule has 1 atom stereocenters. The number of hydrogen-bond acceptors (Lipinski definition) is 3. The number of fused-ring (bicyclic) bond motifs is 1. The highest BCUT2D eigenvalue weighted by Gasteiger charge is 2.35. The van der Waals surface area contributed by atoms with Gasteiger partial charge in [0.15, 0.2) is 0 Å². The number of hydrogen-bond donors (Lipinski definition) is 0. The summed E-state index contributed by atoms with van der Waals surface area (Å²) in [6.07, 6.45) is 0. The zero-order valence-electron chi connectivity index (χ0n) is 9.44. The normalized spacial score (nSPS) is 18.1. The molecule has 5 nitrogen and oxygen atoms in total. The van der Waals surface area contributed by atoms with Gasteiger partial charge in [0.1, 0.15) is 5.69 Å². The van der Waals surface area contributed by atoms with Gasteiger partial charge in [-0.3, -0.25) is 14.9 Å². The van der Waals surface area contributed by atoms with E-state index in [-0.39, 0.29) is 17.5 Å². The van der Waals surface area contributed by atoms with Gasteiger partial charge in [-0.15, -0.1) is 0 Å². The minimum Gasteiger partial charge on any atom is -0.306 e. The monoisotopic (exact) mass is 298 g/mol. The molecule has 1 aromatic carbocycles. The molecule has 0 aliphatic carbocycles. The third-order valence-corrected chi connectivity index (χ3v) is 3.38. The number of nitro groups is 1. The van der Waals surface area contributed by atoms with Crippen molar-refractivity contribution in [3.8, 4) is 0 Å². The molecule has 90 valence electrons. The predicted molar refractivity (Wildman–Crippen MR) is 67.2 cm³/mol. The van der Waals surface area contributed by atoms with E-state index >= 15 is 0 Å². The minimum atomic E-state index is -0.447. The van der Waals surface area contributed by atoms with Gasteiger partial charge >= 0.3 is 0 Å². The SMILES string of the molecule is CC(=O)N1CC(C)c2cc(Br)cc([N+](=O)[O-])c21. The smallest absolute Gasteiger partial charge is 0.294 e. The molecule has 0 N–H and O–H groups in total. The number of benzene rings is 1. The Balaban J connectivity index is 2.69. The molecule has 1 aliphatic heterocycles. The lowest BCUT2D eigenvalue weighted by atomic mass is 10.0. The van der Waals surface area contributed by atoms with Crippen molar-refractivity contribution in [2.45, 2.75) is 19.8 Å². The Morgan fingerprint density at radius 2 is 2.24 bits per heavy atom. The number of carbonyl (C=O) groups is 1. The van der Waals surface area contributed by atoms with Crippen molar-refractivity contribution in [3.63, 3.8) is 0 Å². The van der Waals surface area contributed by atoms with Crippen LogP contribution in [0.25, 0.3) is 0 Å². The van der Waals surface area contributed by atoms with E-state index in [2.05, 4.69) is 15.9 Å². The summed E-state index contributed by atoms with van der Waals surface area (Å²) < 4.78 is 0.667. The first kappa shape index (κ1) is 12.0. The molecule has 1 aromatic rings.